The summed E-state index contributed by atoms with van der Waals surface area (Å²) in [6.07, 6.45) is 3.85. The Kier molecular flexibility index (Phi) is 5.01. The number of likely N-dealkylation sites (N-methyl/N-ethyl adjacent to an activating group) is 1. The minimum Gasteiger partial charge on any atom is -0.395 e. The van der Waals surface area contributed by atoms with Crippen molar-refractivity contribution in [2.45, 2.75) is 12.8 Å². The van der Waals surface area contributed by atoms with Crippen LogP contribution in [0.25, 0.3) is 10.9 Å². The standard InChI is InChI=1S/C15H21N3O2/c1-18(9-10-19)15(20)16-8-4-5-12-11-17-14-7-3-2-6-13(12)14/h2-3,6-7,11,17,19H,4-5,8-10H2,1H3,(H,16,20). The third-order valence-electron chi connectivity index (χ3n) is 3.36. The second kappa shape index (κ2) is 6.96. The van der Waals surface area contributed by atoms with Crippen LogP contribution in [0.5, 0.6) is 0 Å². The molecule has 0 aliphatic carbocycles. The van der Waals surface area contributed by atoms with Gasteiger partial charge >= 0.3 is 6.03 Å². The zero-order valence-electron chi connectivity index (χ0n) is 11.7. The Morgan fingerprint density at radius 3 is 3.00 bits per heavy atom. The molecule has 0 saturated heterocycles. The van der Waals surface area contributed by atoms with E-state index in [0.29, 0.717) is 13.1 Å². The van der Waals surface area contributed by atoms with E-state index in [1.165, 1.54) is 15.8 Å². The first kappa shape index (κ1) is 14.4. The van der Waals surface area contributed by atoms with Crippen molar-refractivity contribution in [3.63, 3.8) is 0 Å². The topological polar surface area (TPSA) is 68.4 Å². The van der Waals surface area contributed by atoms with E-state index in [1.807, 2.05) is 18.3 Å². The summed E-state index contributed by atoms with van der Waals surface area (Å²) in [4.78, 5) is 16.3. The summed E-state index contributed by atoms with van der Waals surface area (Å²) in [6.45, 7) is 0.974. The number of urea groups is 1. The van der Waals surface area contributed by atoms with Crippen LogP contribution in [0.1, 0.15) is 12.0 Å². The number of nitrogens with one attached hydrogen (secondary N) is 2. The number of carbonyl (C=O) groups excluding carboxylic acids is 1. The number of carbonyl (C=O) groups is 1. The molecule has 20 heavy (non-hydrogen) atoms. The molecule has 3 N–H and O–H groups in total. The largest absolute Gasteiger partial charge is 0.395 e. The molecule has 1 aromatic carbocycles. The van der Waals surface area contributed by atoms with E-state index >= 15 is 0 Å². The van der Waals surface area contributed by atoms with Gasteiger partial charge in [-0.15, -0.1) is 0 Å². The van der Waals surface area contributed by atoms with Crippen molar-refractivity contribution < 1.29 is 9.90 Å². The summed E-state index contributed by atoms with van der Waals surface area (Å²) < 4.78 is 0. The average Bonchev–Trinajstić information content (AvgIpc) is 2.87. The molecule has 2 amide bonds. The summed E-state index contributed by atoms with van der Waals surface area (Å²) in [5.41, 5.74) is 2.42. The summed E-state index contributed by atoms with van der Waals surface area (Å²) >= 11 is 0. The molecule has 0 fully saturated rings. The zero-order chi connectivity index (χ0) is 14.4. The molecule has 0 radical (unpaired) electrons. The lowest BCUT2D eigenvalue weighted by Gasteiger charge is -2.16. The van der Waals surface area contributed by atoms with Crippen LogP contribution in [-0.2, 0) is 6.42 Å². The lowest BCUT2D eigenvalue weighted by molar-refractivity contribution is 0.190. The predicted molar refractivity (Wildman–Crippen MR) is 79.7 cm³/mol. The molecule has 0 unspecified atom stereocenters. The maximum atomic E-state index is 11.6. The van der Waals surface area contributed by atoms with Gasteiger partial charge < -0.3 is 20.3 Å². The number of hydrogen-bond acceptors (Lipinski definition) is 2. The fourth-order valence-electron chi connectivity index (χ4n) is 2.20. The van der Waals surface area contributed by atoms with Crippen LogP contribution in [0.2, 0.25) is 0 Å². The van der Waals surface area contributed by atoms with E-state index in [0.717, 1.165) is 18.4 Å². The molecule has 0 bridgehead atoms. The zero-order valence-corrected chi connectivity index (χ0v) is 11.7. The number of H-pyrrole nitrogens is 1. The van der Waals surface area contributed by atoms with Gasteiger partial charge in [-0.2, -0.15) is 0 Å². The highest BCUT2D eigenvalue weighted by atomic mass is 16.3. The fourth-order valence-corrected chi connectivity index (χ4v) is 2.20. The van der Waals surface area contributed by atoms with Crippen LogP contribution in [0.15, 0.2) is 30.5 Å². The third kappa shape index (κ3) is 3.51. The van der Waals surface area contributed by atoms with Crippen molar-refractivity contribution in [3.8, 4) is 0 Å². The summed E-state index contributed by atoms with van der Waals surface area (Å²) in [6, 6.07) is 8.07. The van der Waals surface area contributed by atoms with E-state index in [-0.39, 0.29) is 12.6 Å². The molecule has 0 aliphatic heterocycles. The molecule has 1 aromatic heterocycles. The SMILES string of the molecule is CN(CCO)C(=O)NCCCc1c[nH]c2ccccc12. The van der Waals surface area contributed by atoms with E-state index < -0.39 is 0 Å². The van der Waals surface area contributed by atoms with Crippen LogP contribution < -0.4 is 5.32 Å². The Hall–Kier alpha value is -2.01. The lowest BCUT2D eigenvalue weighted by atomic mass is 10.1. The molecule has 2 aromatic rings. The Balaban J connectivity index is 1.77. The normalized spacial score (nSPS) is 10.7. The van der Waals surface area contributed by atoms with Gasteiger partial charge in [0.2, 0.25) is 0 Å². The van der Waals surface area contributed by atoms with E-state index in [1.54, 1.807) is 7.05 Å². The van der Waals surface area contributed by atoms with Crippen LogP contribution in [0.3, 0.4) is 0 Å². The highest BCUT2D eigenvalue weighted by Crippen LogP contribution is 2.18. The quantitative estimate of drug-likeness (QED) is 0.703. The number of rotatable bonds is 6. The maximum Gasteiger partial charge on any atom is 0.317 e. The number of nitrogens with zero attached hydrogens (tertiary/aromatic N) is 1. The highest BCUT2D eigenvalue weighted by molar-refractivity contribution is 5.83. The van der Waals surface area contributed by atoms with Gasteiger partial charge in [-0.25, -0.2) is 4.79 Å². The third-order valence-corrected chi connectivity index (χ3v) is 3.36. The number of aromatic amines is 1. The molecule has 0 aliphatic rings. The molecule has 0 saturated carbocycles. The molecular weight excluding hydrogens is 254 g/mol. The van der Waals surface area contributed by atoms with Crippen molar-refractivity contribution in [1.29, 1.82) is 0 Å². The fraction of sp³-hybridized carbons (Fsp3) is 0.400. The monoisotopic (exact) mass is 275 g/mol. The molecule has 0 spiro atoms. The smallest absolute Gasteiger partial charge is 0.317 e. The van der Waals surface area contributed by atoms with Crippen molar-refractivity contribution >= 4 is 16.9 Å². The number of fused-ring (bicyclic) bond motifs is 1. The average molecular weight is 275 g/mol. The second-order valence-corrected chi connectivity index (χ2v) is 4.84. The maximum absolute atomic E-state index is 11.6. The molecular formula is C15H21N3O2. The molecule has 5 heteroatoms. The van der Waals surface area contributed by atoms with Gasteiger partial charge in [-0.05, 0) is 24.5 Å². The number of para-hydroxylation sites is 1. The first-order valence-electron chi connectivity index (χ1n) is 6.87. The summed E-state index contributed by atoms with van der Waals surface area (Å²) in [5, 5.41) is 12.8. The first-order valence-corrected chi connectivity index (χ1v) is 6.87. The van der Waals surface area contributed by atoms with Gasteiger partial charge in [-0.3, -0.25) is 0 Å². The van der Waals surface area contributed by atoms with Gasteiger partial charge in [-0.1, -0.05) is 18.2 Å². The number of hydrogen-bond donors (Lipinski definition) is 3. The highest BCUT2D eigenvalue weighted by Gasteiger charge is 2.07. The summed E-state index contributed by atoms with van der Waals surface area (Å²) in [7, 11) is 1.67. The van der Waals surface area contributed by atoms with Gasteiger partial charge in [0.05, 0.1) is 6.61 Å². The number of amides is 2. The summed E-state index contributed by atoms with van der Waals surface area (Å²) in [5.74, 6) is 0. The van der Waals surface area contributed by atoms with Crippen molar-refractivity contribution in [1.82, 2.24) is 15.2 Å². The molecule has 108 valence electrons. The van der Waals surface area contributed by atoms with Gasteiger partial charge in [0.25, 0.3) is 0 Å². The van der Waals surface area contributed by atoms with Gasteiger partial charge in [0, 0.05) is 37.2 Å². The number of benzene rings is 1. The first-order chi connectivity index (χ1) is 9.72. The minimum atomic E-state index is -0.141. The van der Waals surface area contributed by atoms with Crippen molar-refractivity contribution in [2.24, 2.45) is 0 Å². The van der Waals surface area contributed by atoms with Crippen LogP contribution in [0.4, 0.5) is 4.79 Å². The Bertz CT molecular complexity index is 565. The van der Waals surface area contributed by atoms with Crippen LogP contribution in [-0.4, -0.2) is 47.8 Å². The predicted octanol–water partition coefficient (Wildman–Crippen LogP) is 1.73. The van der Waals surface area contributed by atoms with Crippen LogP contribution in [0, 0.1) is 0 Å². The van der Waals surface area contributed by atoms with Crippen molar-refractivity contribution in [3.05, 3.63) is 36.0 Å². The van der Waals surface area contributed by atoms with E-state index in [9.17, 15) is 4.79 Å². The second-order valence-electron chi connectivity index (χ2n) is 4.84. The number of aromatic nitrogens is 1. The molecule has 0 atom stereocenters. The number of aryl methyl sites for hydroxylation is 1. The minimum absolute atomic E-state index is 0.0146. The Morgan fingerprint density at radius 2 is 2.20 bits per heavy atom. The number of aliphatic hydroxyl groups excluding tert-OH is 1. The Morgan fingerprint density at radius 1 is 1.40 bits per heavy atom. The molecule has 5 nitrogen and oxygen atoms in total. The Labute approximate surface area is 118 Å². The lowest BCUT2D eigenvalue weighted by Crippen LogP contribution is -2.39. The van der Waals surface area contributed by atoms with E-state index in [2.05, 4.69) is 22.4 Å². The molecule has 1 heterocycles. The van der Waals surface area contributed by atoms with Gasteiger partial charge in [0.1, 0.15) is 0 Å². The van der Waals surface area contributed by atoms with E-state index in [4.69, 9.17) is 5.11 Å². The van der Waals surface area contributed by atoms with Crippen molar-refractivity contribution in [2.75, 3.05) is 26.7 Å². The van der Waals surface area contributed by atoms with Crippen LogP contribution >= 0.6 is 0 Å². The molecule has 2 rings (SSSR count). The van der Waals surface area contributed by atoms with Gasteiger partial charge in [0.15, 0.2) is 0 Å². The number of aliphatic hydroxyl groups is 1.